The van der Waals surface area contributed by atoms with Gasteiger partial charge in [0.1, 0.15) is 0 Å². The number of rotatable bonds is 6. The van der Waals surface area contributed by atoms with Crippen molar-refractivity contribution >= 4 is 23.8 Å². The van der Waals surface area contributed by atoms with Crippen LogP contribution in [0.2, 0.25) is 0 Å². The number of hydrogen-bond acceptors (Lipinski definition) is 5. The highest BCUT2D eigenvalue weighted by atomic mass is 32.2. The topological polar surface area (TPSA) is 85.2 Å². The molecule has 0 bridgehead atoms. The predicted octanol–water partition coefficient (Wildman–Crippen LogP) is 2.40. The summed E-state index contributed by atoms with van der Waals surface area (Å²) in [4.78, 5) is 28.1. The first-order valence-electron chi connectivity index (χ1n) is 8.25. The van der Waals surface area contributed by atoms with E-state index >= 15 is 0 Å². The number of carbonyl (C=O) groups excluding carboxylic acids is 2. The van der Waals surface area contributed by atoms with E-state index in [1.807, 2.05) is 35.9 Å². The smallest absolute Gasteiger partial charge is 0.337 e. The Morgan fingerprint density at radius 1 is 1.42 bits per heavy atom. The van der Waals surface area contributed by atoms with E-state index in [0.29, 0.717) is 17.0 Å². The van der Waals surface area contributed by atoms with Crippen molar-refractivity contribution in [3.63, 3.8) is 0 Å². The molecule has 8 heteroatoms. The number of hydrogen-bond donors (Lipinski definition) is 2. The average Bonchev–Trinajstić information content (AvgIpc) is 3.09. The Hall–Kier alpha value is -2.74. The van der Waals surface area contributed by atoms with E-state index in [4.69, 9.17) is 4.74 Å². The highest BCUT2D eigenvalue weighted by Crippen LogP contribution is 2.24. The third-order valence-corrected chi connectivity index (χ3v) is 4.80. The first-order valence-corrected chi connectivity index (χ1v) is 9.24. The summed E-state index contributed by atoms with van der Waals surface area (Å²) in [7, 11) is 0. The van der Waals surface area contributed by atoms with Crippen LogP contribution in [0.3, 0.4) is 0 Å². The lowest BCUT2D eigenvalue weighted by Gasteiger charge is -2.21. The number of ether oxygens (including phenoxy) is 1. The number of aryl methyl sites for hydroxylation is 1. The lowest BCUT2D eigenvalue weighted by atomic mass is 10.2. The molecule has 2 heterocycles. The summed E-state index contributed by atoms with van der Waals surface area (Å²) in [5.74, 6) is -0.0117. The summed E-state index contributed by atoms with van der Waals surface area (Å²) >= 11 is 1.45. The molecule has 0 saturated heterocycles. The Morgan fingerprint density at radius 2 is 2.27 bits per heavy atom. The summed E-state index contributed by atoms with van der Waals surface area (Å²) in [5.41, 5.74) is 3.16. The van der Waals surface area contributed by atoms with Crippen molar-refractivity contribution in [1.82, 2.24) is 20.2 Å². The molecule has 0 atom stereocenters. The van der Waals surface area contributed by atoms with Crippen LogP contribution in [-0.2, 0) is 9.53 Å². The highest BCUT2D eigenvalue weighted by molar-refractivity contribution is 7.99. The molecule has 2 aromatic rings. The lowest BCUT2D eigenvalue weighted by Crippen LogP contribution is -2.44. The molecule has 3 rings (SSSR count). The number of urea groups is 1. The van der Waals surface area contributed by atoms with Crippen LogP contribution in [0.4, 0.5) is 4.79 Å². The van der Waals surface area contributed by atoms with E-state index in [9.17, 15) is 9.59 Å². The van der Waals surface area contributed by atoms with Crippen LogP contribution < -0.4 is 10.6 Å². The molecule has 1 aromatic heterocycles. The van der Waals surface area contributed by atoms with Crippen molar-refractivity contribution in [3.05, 3.63) is 53.5 Å². The van der Waals surface area contributed by atoms with Crippen LogP contribution in [0.1, 0.15) is 12.5 Å². The largest absolute Gasteiger partial charge is 0.463 e. The zero-order chi connectivity index (χ0) is 18.5. The SMILES string of the molecule is CCOC(=O)C1=C(CSc2nccn2-c2cccc(C)c2)NC(=O)NC1. The second-order valence-electron chi connectivity index (χ2n) is 5.69. The Balaban J connectivity index is 1.80. The van der Waals surface area contributed by atoms with Crippen LogP contribution in [-0.4, -0.2) is 40.5 Å². The Bertz CT molecular complexity index is 860. The van der Waals surface area contributed by atoms with Gasteiger partial charge in [0.05, 0.1) is 18.7 Å². The van der Waals surface area contributed by atoms with Gasteiger partial charge in [-0.1, -0.05) is 23.9 Å². The summed E-state index contributed by atoms with van der Waals surface area (Å²) < 4.78 is 7.05. The van der Waals surface area contributed by atoms with Crippen LogP contribution in [0.5, 0.6) is 0 Å². The molecule has 2 amide bonds. The second kappa shape index (κ2) is 8.09. The molecule has 136 valence electrons. The van der Waals surface area contributed by atoms with Gasteiger partial charge in [-0.25, -0.2) is 14.6 Å². The lowest BCUT2D eigenvalue weighted by molar-refractivity contribution is -0.138. The Labute approximate surface area is 155 Å². The molecule has 1 aliphatic rings. The predicted molar refractivity (Wildman–Crippen MR) is 99.2 cm³/mol. The molecule has 2 N–H and O–H groups in total. The van der Waals surface area contributed by atoms with Gasteiger partial charge in [-0.05, 0) is 31.5 Å². The van der Waals surface area contributed by atoms with E-state index in [0.717, 1.165) is 16.4 Å². The van der Waals surface area contributed by atoms with Crippen LogP contribution in [0, 0.1) is 6.92 Å². The van der Waals surface area contributed by atoms with Gasteiger partial charge in [0.15, 0.2) is 5.16 Å². The maximum Gasteiger partial charge on any atom is 0.337 e. The third-order valence-electron chi connectivity index (χ3n) is 3.81. The number of esters is 1. The Morgan fingerprint density at radius 3 is 3.04 bits per heavy atom. The van der Waals surface area contributed by atoms with Crippen molar-refractivity contribution in [1.29, 1.82) is 0 Å². The van der Waals surface area contributed by atoms with E-state index < -0.39 is 5.97 Å². The fourth-order valence-electron chi connectivity index (χ4n) is 2.58. The number of nitrogens with one attached hydrogen (secondary N) is 2. The van der Waals surface area contributed by atoms with Crippen LogP contribution in [0.25, 0.3) is 5.69 Å². The van der Waals surface area contributed by atoms with Gasteiger partial charge < -0.3 is 15.4 Å². The normalized spacial score (nSPS) is 14.0. The summed E-state index contributed by atoms with van der Waals surface area (Å²) in [6.45, 7) is 4.23. The van der Waals surface area contributed by atoms with Crippen molar-refractivity contribution < 1.29 is 14.3 Å². The van der Waals surface area contributed by atoms with E-state index in [2.05, 4.69) is 21.7 Å². The number of carbonyl (C=O) groups is 2. The van der Waals surface area contributed by atoms with Gasteiger partial charge in [-0.3, -0.25) is 4.57 Å². The molecule has 0 radical (unpaired) electrons. The molecule has 0 saturated carbocycles. The fourth-order valence-corrected chi connectivity index (χ4v) is 3.54. The number of aromatic nitrogens is 2. The Kier molecular flexibility index (Phi) is 5.62. The van der Waals surface area contributed by atoms with Gasteiger partial charge in [-0.2, -0.15) is 0 Å². The van der Waals surface area contributed by atoms with E-state index in [1.54, 1.807) is 13.1 Å². The molecule has 1 aromatic carbocycles. The monoisotopic (exact) mass is 372 g/mol. The molecule has 7 nitrogen and oxygen atoms in total. The standard InChI is InChI=1S/C18H20N4O3S/c1-3-25-16(23)14-10-20-17(24)21-15(14)11-26-18-19-7-8-22(18)13-6-4-5-12(2)9-13/h4-9H,3,10-11H2,1-2H3,(H2,20,21,24). The van der Waals surface area contributed by atoms with Crippen LogP contribution >= 0.6 is 11.8 Å². The molecule has 0 fully saturated rings. The number of thioether (sulfide) groups is 1. The summed E-state index contributed by atoms with van der Waals surface area (Å²) in [6.07, 6.45) is 3.62. The van der Waals surface area contributed by atoms with E-state index in [1.165, 1.54) is 11.8 Å². The van der Waals surface area contributed by atoms with Gasteiger partial charge in [0, 0.05) is 29.5 Å². The maximum absolute atomic E-state index is 12.1. The molecule has 0 spiro atoms. The van der Waals surface area contributed by atoms with Gasteiger partial charge in [0.25, 0.3) is 0 Å². The zero-order valence-electron chi connectivity index (χ0n) is 14.6. The maximum atomic E-state index is 12.1. The minimum absolute atomic E-state index is 0.160. The van der Waals surface area contributed by atoms with Crippen molar-refractivity contribution in [2.24, 2.45) is 0 Å². The number of amides is 2. The minimum atomic E-state index is -0.419. The molecule has 26 heavy (non-hydrogen) atoms. The average molecular weight is 372 g/mol. The zero-order valence-corrected chi connectivity index (χ0v) is 15.4. The van der Waals surface area contributed by atoms with Crippen molar-refractivity contribution in [2.75, 3.05) is 18.9 Å². The second-order valence-corrected chi connectivity index (χ2v) is 6.64. The number of imidazole rings is 1. The third kappa shape index (κ3) is 4.08. The molecule has 0 unspecified atom stereocenters. The fraction of sp³-hybridized carbons (Fsp3) is 0.278. The van der Waals surface area contributed by atoms with Gasteiger partial charge in [0.2, 0.25) is 0 Å². The number of benzene rings is 1. The van der Waals surface area contributed by atoms with Crippen LogP contribution in [0.15, 0.2) is 53.1 Å². The van der Waals surface area contributed by atoms with E-state index in [-0.39, 0.29) is 19.2 Å². The molecular formula is C18H20N4O3S. The molecular weight excluding hydrogens is 352 g/mol. The summed E-state index contributed by atoms with van der Waals surface area (Å²) in [5, 5.41) is 6.08. The first-order chi connectivity index (χ1) is 12.6. The van der Waals surface area contributed by atoms with Crippen molar-refractivity contribution in [3.8, 4) is 5.69 Å². The van der Waals surface area contributed by atoms with Gasteiger partial charge in [-0.15, -0.1) is 0 Å². The number of nitrogens with zero attached hydrogens (tertiary/aromatic N) is 2. The highest BCUT2D eigenvalue weighted by Gasteiger charge is 2.24. The van der Waals surface area contributed by atoms with Crippen molar-refractivity contribution in [2.45, 2.75) is 19.0 Å². The quantitative estimate of drug-likeness (QED) is 0.601. The summed E-state index contributed by atoms with van der Waals surface area (Å²) in [6, 6.07) is 7.79. The molecule has 1 aliphatic heterocycles. The first kappa shape index (κ1) is 18.1. The minimum Gasteiger partial charge on any atom is -0.463 e. The molecule has 0 aliphatic carbocycles. The van der Waals surface area contributed by atoms with Gasteiger partial charge >= 0.3 is 12.0 Å².